The molecule has 0 bridgehead atoms. The molecule has 0 amide bonds. The lowest BCUT2D eigenvalue weighted by Gasteiger charge is -2.31. The quantitative estimate of drug-likeness (QED) is 0.347. The molecule has 1 aromatic carbocycles. The third kappa shape index (κ3) is 7.44. The maximum atomic E-state index is 14.6. The number of guanidine groups is 1. The Labute approximate surface area is 180 Å². The fourth-order valence-corrected chi connectivity index (χ4v) is 3.15. The number of halogens is 2. The van der Waals surface area contributed by atoms with Crippen LogP contribution >= 0.6 is 24.0 Å². The van der Waals surface area contributed by atoms with Crippen molar-refractivity contribution in [1.82, 2.24) is 10.2 Å². The van der Waals surface area contributed by atoms with E-state index in [1.807, 2.05) is 31.0 Å². The van der Waals surface area contributed by atoms with Gasteiger partial charge in [-0.05, 0) is 43.9 Å². The van der Waals surface area contributed by atoms with E-state index in [4.69, 9.17) is 0 Å². The van der Waals surface area contributed by atoms with Gasteiger partial charge in [-0.3, -0.25) is 0 Å². The third-order valence-corrected chi connectivity index (χ3v) is 4.77. The van der Waals surface area contributed by atoms with Crippen molar-refractivity contribution in [3.8, 4) is 0 Å². The second-order valence-electron chi connectivity index (χ2n) is 6.95. The molecule has 154 valence electrons. The number of aliphatic hydroxyl groups is 1. The second kappa shape index (κ2) is 12.4. The molecule has 0 aromatic heterocycles. The maximum Gasteiger partial charge on any atom is 0.193 e. The Bertz CT molecular complexity index is 591. The van der Waals surface area contributed by atoms with Crippen LogP contribution in [0.15, 0.2) is 23.2 Å². The van der Waals surface area contributed by atoms with E-state index < -0.39 is 0 Å². The van der Waals surface area contributed by atoms with Gasteiger partial charge >= 0.3 is 0 Å². The van der Waals surface area contributed by atoms with Crippen molar-refractivity contribution in [2.24, 2.45) is 4.99 Å². The molecular weight excluding hydrogens is 458 g/mol. The first kappa shape index (κ1) is 23.9. The molecule has 1 saturated heterocycles. The highest BCUT2D eigenvalue weighted by atomic mass is 127. The first-order chi connectivity index (χ1) is 12.5. The normalized spacial score (nSPS) is 15.4. The summed E-state index contributed by atoms with van der Waals surface area (Å²) in [5.74, 6) is 0.647. The van der Waals surface area contributed by atoms with Crippen molar-refractivity contribution in [3.63, 3.8) is 0 Å². The third-order valence-electron chi connectivity index (χ3n) is 4.77. The molecule has 5 nitrogen and oxygen atoms in total. The molecule has 1 heterocycles. The van der Waals surface area contributed by atoms with Gasteiger partial charge in [0.15, 0.2) is 5.96 Å². The average molecular weight is 492 g/mol. The summed E-state index contributed by atoms with van der Waals surface area (Å²) in [5, 5.41) is 12.9. The van der Waals surface area contributed by atoms with Gasteiger partial charge in [-0.2, -0.15) is 0 Å². The van der Waals surface area contributed by atoms with Crippen LogP contribution in [0.25, 0.3) is 0 Å². The number of nitrogens with zero attached hydrogens (tertiary/aromatic N) is 3. The van der Waals surface area contributed by atoms with Gasteiger partial charge in [0.2, 0.25) is 0 Å². The number of piperidine rings is 1. The van der Waals surface area contributed by atoms with Gasteiger partial charge in [-0.25, -0.2) is 9.38 Å². The molecule has 27 heavy (non-hydrogen) atoms. The van der Waals surface area contributed by atoms with Gasteiger partial charge in [-0.15, -0.1) is 24.0 Å². The number of anilines is 1. The Morgan fingerprint density at radius 2 is 2.04 bits per heavy atom. The fourth-order valence-electron chi connectivity index (χ4n) is 3.15. The van der Waals surface area contributed by atoms with Gasteiger partial charge in [0.05, 0.1) is 18.3 Å². The van der Waals surface area contributed by atoms with Crippen LogP contribution in [0, 0.1) is 5.82 Å². The SMILES string of the molecule is CCCCN(C)C(=NCc1ccc(N2CCC(O)CC2)c(F)c1)NCC.I. The Morgan fingerprint density at radius 3 is 2.63 bits per heavy atom. The minimum atomic E-state index is -0.253. The van der Waals surface area contributed by atoms with Crippen molar-refractivity contribution < 1.29 is 9.50 Å². The fraction of sp³-hybridized carbons (Fsp3) is 0.650. The van der Waals surface area contributed by atoms with Gasteiger partial charge in [-0.1, -0.05) is 19.4 Å². The average Bonchev–Trinajstić information content (AvgIpc) is 2.64. The van der Waals surface area contributed by atoms with E-state index in [0.29, 0.717) is 38.2 Å². The summed E-state index contributed by atoms with van der Waals surface area (Å²) in [5.41, 5.74) is 1.49. The van der Waals surface area contributed by atoms with E-state index >= 15 is 0 Å². The summed E-state index contributed by atoms with van der Waals surface area (Å²) >= 11 is 0. The molecule has 0 atom stereocenters. The van der Waals surface area contributed by atoms with Crippen LogP contribution < -0.4 is 10.2 Å². The minimum Gasteiger partial charge on any atom is -0.393 e. The summed E-state index contributed by atoms with van der Waals surface area (Å²) in [4.78, 5) is 8.78. The van der Waals surface area contributed by atoms with Crippen LogP contribution in [-0.2, 0) is 6.54 Å². The van der Waals surface area contributed by atoms with E-state index in [9.17, 15) is 9.50 Å². The molecule has 0 unspecified atom stereocenters. The zero-order valence-corrected chi connectivity index (χ0v) is 19.1. The number of benzene rings is 1. The van der Waals surface area contributed by atoms with Crippen molar-refractivity contribution in [2.75, 3.05) is 38.1 Å². The lowest BCUT2D eigenvalue weighted by atomic mass is 10.1. The number of aliphatic hydroxyl groups excluding tert-OH is 1. The molecule has 1 aromatic rings. The molecule has 0 spiro atoms. The molecule has 2 N–H and O–H groups in total. The molecular formula is C20H34FIN4O. The predicted octanol–water partition coefficient (Wildman–Crippen LogP) is 3.60. The molecule has 0 radical (unpaired) electrons. The van der Waals surface area contributed by atoms with Crippen LogP contribution in [0.3, 0.4) is 0 Å². The topological polar surface area (TPSA) is 51.1 Å². The van der Waals surface area contributed by atoms with E-state index in [0.717, 1.165) is 37.5 Å². The largest absolute Gasteiger partial charge is 0.393 e. The molecule has 1 aliphatic heterocycles. The molecule has 1 fully saturated rings. The second-order valence-corrected chi connectivity index (χ2v) is 6.95. The number of aliphatic imine (C=N–C) groups is 1. The van der Waals surface area contributed by atoms with Gasteiger partial charge in [0.1, 0.15) is 5.82 Å². The smallest absolute Gasteiger partial charge is 0.193 e. The summed E-state index contributed by atoms with van der Waals surface area (Å²) in [6.07, 6.45) is 3.40. The standard InChI is InChI=1S/C20H33FN4O.HI/c1-4-6-11-24(3)20(22-5-2)23-15-16-7-8-19(18(21)14-16)25-12-9-17(26)10-13-25;/h7-8,14,17,26H,4-6,9-13,15H2,1-3H3,(H,22,23);1H. The Balaban J connectivity index is 0.00000364. The van der Waals surface area contributed by atoms with Gasteiger partial charge < -0.3 is 20.2 Å². The highest BCUT2D eigenvalue weighted by Crippen LogP contribution is 2.24. The summed E-state index contributed by atoms with van der Waals surface area (Å²) in [6.45, 7) is 7.83. The van der Waals surface area contributed by atoms with E-state index in [1.54, 1.807) is 6.07 Å². The zero-order chi connectivity index (χ0) is 18.9. The molecule has 7 heteroatoms. The van der Waals surface area contributed by atoms with Crippen molar-refractivity contribution in [2.45, 2.75) is 52.2 Å². The maximum absolute atomic E-state index is 14.6. The van der Waals surface area contributed by atoms with Crippen LogP contribution in [0.1, 0.15) is 45.1 Å². The minimum absolute atomic E-state index is 0. The highest BCUT2D eigenvalue weighted by Gasteiger charge is 2.19. The van der Waals surface area contributed by atoms with E-state index in [2.05, 4.69) is 22.1 Å². The Morgan fingerprint density at radius 1 is 1.33 bits per heavy atom. The first-order valence-electron chi connectivity index (χ1n) is 9.76. The number of unbranched alkanes of at least 4 members (excludes halogenated alkanes) is 1. The number of nitrogens with one attached hydrogen (secondary N) is 1. The summed E-state index contributed by atoms with van der Waals surface area (Å²) in [7, 11) is 2.03. The number of rotatable bonds is 7. The monoisotopic (exact) mass is 492 g/mol. The Kier molecular flexibility index (Phi) is 11.0. The summed E-state index contributed by atoms with van der Waals surface area (Å²) in [6, 6.07) is 5.37. The lowest BCUT2D eigenvalue weighted by Crippen LogP contribution is -2.39. The zero-order valence-electron chi connectivity index (χ0n) is 16.7. The molecule has 0 saturated carbocycles. The van der Waals surface area contributed by atoms with Crippen LogP contribution in [-0.4, -0.2) is 55.3 Å². The number of hydrogen-bond donors (Lipinski definition) is 2. The van der Waals surface area contributed by atoms with Gasteiger partial charge in [0, 0.05) is 33.2 Å². The van der Waals surface area contributed by atoms with Crippen molar-refractivity contribution in [1.29, 1.82) is 0 Å². The van der Waals surface area contributed by atoms with Crippen molar-refractivity contribution in [3.05, 3.63) is 29.6 Å². The molecule has 1 aliphatic rings. The van der Waals surface area contributed by atoms with Crippen LogP contribution in [0.2, 0.25) is 0 Å². The van der Waals surface area contributed by atoms with Gasteiger partial charge in [0.25, 0.3) is 0 Å². The summed E-state index contributed by atoms with van der Waals surface area (Å²) < 4.78 is 14.6. The van der Waals surface area contributed by atoms with Crippen molar-refractivity contribution >= 4 is 35.6 Å². The van der Waals surface area contributed by atoms with E-state index in [1.165, 1.54) is 0 Å². The van der Waals surface area contributed by atoms with Crippen LogP contribution in [0.5, 0.6) is 0 Å². The van der Waals surface area contributed by atoms with E-state index in [-0.39, 0.29) is 35.9 Å². The molecule has 2 rings (SSSR count). The number of hydrogen-bond acceptors (Lipinski definition) is 3. The first-order valence-corrected chi connectivity index (χ1v) is 9.76. The molecule has 0 aliphatic carbocycles. The predicted molar refractivity (Wildman–Crippen MR) is 122 cm³/mol. The lowest BCUT2D eigenvalue weighted by molar-refractivity contribution is 0.145. The van der Waals surface area contributed by atoms with Crippen LogP contribution in [0.4, 0.5) is 10.1 Å². The highest BCUT2D eigenvalue weighted by molar-refractivity contribution is 14.0. The Hall–Kier alpha value is -1.09.